The molecule has 0 heterocycles. The zero-order valence-electron chi connectivity index (χ0n) is 14.3. The lowest BCUT2D eigenvalue weighted by molar-refractivity contribution is -0.145. The fourth-order valence-electron chi connectivity index (χ4n) is 7.54. The molecule has 4 aliphatic carbocycles. The van der Waals surface area contributed by atoms with Crippen LogP contribution >= 0.6 is 0 Å². The van der Waals surface area contributed by atoms with Gasteiger partial charge in [0.05, 0.1) is 5.60 Å². The SMILES string of the molecule is C[C@]12CCCC[C@@H]1CC[C@@H]1[C@H]2CC[C@@]2(C)[C@@H]1CC[C@]2(C)O. The molecule has 4 aliphatic rings. The average molecular weight is 290 g/mol. The second kappa shape index (κ2) is 4.49. The van der Waals surface area contributed by atoms with Crippen molar-refractivity contribution in [3.05, 3.63) is 0 Å². The van der Waals surface area contributed by atoms with Crippen molar-refractivity contribution in [3.63, 3.8) is 0 Å². The average Bonchev–Trinajstić information content (AvgIpc) is 2.69. The zero-order chi connectivity index (χ0) is 14.9. The predicted molar refractivity (Wildman–Crippen MR) is 87.0 cm³/mol. The molecule has 0 amide bonds. The van der Waals surface area contributed by atoms with E-state index in [4.69, 9.17) is 0 Å². The number of aliphatic hydroxyl groups is 1. The maximum absolute atomic E-state index is 10.9. The maximum Gasteiger partial charge on any atom is 0.0675 e. The zero-order valence-corrected chi connectivity index (χ0v) is 14.3. The van der Waals surface area contributed by atoms with Crippen molar-refractivity contribution in [1.29, 1.82) is 0 Å². The number of fused-ring (bicyclic) bond motifs is 5. The van der Waals surface area contributed by atoms with E-state index in [0.717, 1.165) is 30.1 Å². The molecule has 1 nitrogen and oxygen atoms in total. The molecular weight excluding hydrogens is 256 g/mol. The Morgan fingerprint density at radius 3 is 2.33 bits per heavy atom. The Labute approximate surface area is 130 Å². The van der Waals surface area contributed by atoms with Crippen molar-refractivity contribution in [2.24, 2.45) is 34.5 Å². The van der Waals surface area contributed by atoms with Crippen LogP contribution in [-0.2, 0) is 0 Å². The highest BCUT2D eigenvalue weighted by molar-refractivity contribution is 5.12. The van der Waals surface area contributed by atoms with Gasteiger partial charge in [0.1, 0.15) is 0 Å². The van der Waals surface area contributed by atoms with Crippen LogP contribution in [0.4, 0.5) is 0 Å². The molecule has 1 heteroatoms. The first-order valence-corrected chi connectivity index (χ1v) is 9.61. The molecule has 0 bridgehead atoms. The van der Waals surface area contributed by atoms with Crippen molar-refractivity contribution in [2.45, 2.75) is 90.6 Å². The Kier molecular flexibility index (Phi) is 3.11. The van der Waals surface area contributed by atoms with Gasteiger partial charge in [-0.1, -0.05) is 26.7 Å². The van der Waals surface area contributed by atoms with Gasteiger partial charge in [-0.3, -0.25) is 0 Å². The molecular formula is C20H34O. The third-order valence-corrected chi connectivity index (χ3v) is 9.15. The molecule has 4 saturated carbocycles. The van der Waals surface area contributed by atoms with Gasteiger partial charge in [-0.2, -0.15) is 0 Å². The second-order valence-electron chi connectivity index (χ2n) is 9.67. The molecule has 21 heavy (non-hydrogen) atoms. The number of hydrogen-bond acceptors (Lipinski definition) is 1. The monoisotopic (exact) mass is 290 g/mol. The largest absolute Gasteiger partial charge is 0.390 e. The molecule has 0 spiro atoms. The first kappa shape index (κ1) is 14.5. The van der Waals surface area contributed by atoms with Crippen LogP contribution in [0.5, 0.6) is 0 Å². The van der Waals surface area contributed by atoms with Gasteiger partial charge in [0.25, 0.3) is 0 Å². The highest BCUT2D eigenvalue weighted by Gasteiger charge is 2.62. The van der Waals surface area contributed by atoms with Crippen molar-refractivity contribution in [3.8, 4) is 0 Å². The number of hydrogen-bond donors (Lipinski definition) is 1. The van der Waals surface area contributed by atoms with E-state index < -0.39 is 5.60 Å². The van der Waals surface area contributed by atoms with Gasteiger partial charge in [0.15, 0.2) is 0 Å². The van der Waals surface area contributed by atoms with Crippen LogP contribution in [0.25, 0.3) is 0 Å². The smallest absolute Gasteiger partial charge is 0.0675 e. The molecule has 0 aromatic rings. The lowest BCUT2D eigenvalue weighted by Crippen LogP contribution is -2.55. The van der Waals surface area contributed by atoms with E-state index >= 15 is 0 Å². The standard InChI is InChI=1S/C20H34O/c1-18-11-5-4-6-14(18)7-8-15-16(18)9-12-19(2)17(15)10-13-20(19,3)21/h14-17,21H,4-13H2,1-3H3/t14-,15-,16-,17-,18+,19+,20+/m1/s1. The fourth-order valence-corrected chi connectivity index (χ4v) is 7.54. The summed E-state index contributed by atoms with van der Waals surface area (Å²) < 4.78 is 0. The van der Waals surface area contributed by atoms with Crippen molar-refractivity contribution >= 4 is 0 Å². The summed E-state index contributed by atoms with van der Waals surface area (Å²) in [7, 11) is 0. The van der Waals surface area contributed by atoms with Crippen molar-refractivity contribution < 1.29 is 5.11 Å². The molecule has 4 rings (SSSR count). The number of rotatable bonds is 0. The second-order valence-corrected chi connectivity index (χ2v) is 9.67. The van der Waals surface area contributed by atoms with Crippen LogP contribution in [-0.4, -0.2) is 10.7 Å². The molecule has 1 N–H and O–H groups in total. The minimum atomic E-state index is -0.410. The van der Waals surface area contributed by atoms with E-state index in [0.29, 0.717) is 5.41 Å². The Morgan fingerprint density at radius 2 is 1.52 bits per heavy atom. The molecule has 0 aromatic carbocycles. The van der Waals surface area contributed by atoms with Gasteiger partial charge in [0, 0.05) is 0 Å². The summed E-state index contributed by atoms with van der Waals surface area (Å²) in [5, 5.41) is 10.9. The Morgan fingerprint density at radius 1 is 0.762 bits per heavy atom. The topological polar surface area (TPSA) is 20.2 Å². The lowest BCUT2D eigenvalue weighted by atomic mass is 9.44. The fraction of sp³-hybridized carbons (Fsp3) is 1.00. The molecule has 0 radical (unpaired) electrons. The van der Waals surface area contributed by atoms with Crippen LogP contribution in [0.15, 0.2) is 0 Å². The minimum absolute atomic E-state index is 0.200. The van der Waals surface area contributed by atoms with E-state index in [9.17, 15) is 5.11 Å². The minimum Gasteiger partial charge on any atom is -0.390 e. The van der Waals surface area contributed by atoms with Crippen LogP contribution in [0.3, 0.4) is 0 Å². The van der Waals surface area contributed by atoms with Crippen LogP contribution in [0.2, 0.25) is 0 Å². The van der Waals surface area contributed by atoms with Crippen LogP contribution < -0.4 is 0 Å². The highest BCUT2D eigenvalue weighted by Crippen LogP contribution is 2.68. The highest BCUT2D eigenvalue weighted by atomic mass is 16.3. The summed E-state index contributed by atoms with van der Waals surface area (Å²) in [4.78, 5) is 0. The molecule has 7 atom stereocenters. The van der Waals surface area contributed by atoms with E-state index in [1.165, 1.54) is 57.8 Å². The van der Waals surface area contributed by atoms with Gasteiger partial charge >= 0.3 is 0 Å². The van der Waals surface area contributed by atoms with Gasteiger partial charge in [0.2, 0.25) is 0 Å². The molecule has 0 aromatic heterocycles. The molecule has 120 valence electrons. The normalized spacial score (nSPS) is 60.0. The summed E-state index contributed by atoms with van der Waals surface area (Å²) in [5.41, 5.74) is 0.427. The lowest BCUT2D eigenvalue weighted by Gasteiger charge is -2.61. The van der Waals surface area contributed by atoms with E-state index in [2.05, 4.69) is 20.8 Å². The summed E-state index contributed by atoms with van der Waals surface area (Å²) in [6.07, 6.45) is 13.9. The van der Waals surface area contributed by atoms with E-state index in [-0.39, 0.29) is 5.41 Å². The first-order chi connectivity index (χ1) is 9.88. The summed E-state index contributed by atoms with van der Waals surface area (Å²) in [6.45, 7) is 7.18. The van der Waals surface area contributed by atoms with Gasteiger partial charge in [-0.15, -0.1) is 0 Å². The van der Waals surface area contributed by atoms with E-state index in [1.54, 1.807) is 0 Å². The van der Waals surface area contributed by atoms with E-state index in [1.807, 2.05) is 0 Å². The Balaban J connectivity index is 1.66. The third kappa shape index (κ3) is 1.79. The van der Waals surface area contributed by atoms with Gasteiger partial charge in [-0.05, 0) is 92.8 Å². The summed E-state index contributed by atoms with van der Waals surface area (Å²) >= 11 is 0. The molecule has 0 saturated heterocycles. The molecule has 0 aliphatic heterocycles. The predicted octanol–water partition coefficient (Wildman–Crippen LogP) is 5.17. The Bertz CT molecular complexity index is 428. The van der Waals surface area contributed by atoms with Crippen molar-refractivity contribution in [1.82, 2.24) is 0 Å². The van der Waals surface area contributed by atoms with Crippen LogP contribution in [0, 0.1) is 34.5 Å². The third-order valence-electron chi connectivity index (χ3n) is 9.15. The molecule has 0 unspecified atom stereocenters. The Hall–Kier alpha value is -0.0400. The quantitative estimate of drug-likeness (QED) is 0.652. The van der Waals surface area contributed by atoms with Crippen LogP contribution in [0.1, 0.15) is 85.0 Å². The van der Waals surface area contributed by atoms with Gasteiger partial charge < -0.3 is 5.11 Å². The maximum atomic E-state index is 10.9. The van der Waals surface area contributed by atoms with Gasteiger partial charge in [-0.25, -0.2) is 0 Å². The summed E-state index contributed by atoms with van der Waals surface area (Å²) in [6, 6.07) is 0. The van der Waals surface area contributed by atoms with Crippen molar-refractivity contribution in [2.75, 3.05) is 0 Å². The summed E-state index contributed by atoms with van der Waals surface area (Å²) in [5.74, 6) is 3.69. The first-order valence-electron chi connectivity index (χ1n) is 9.61. The molecule has 4 fully saturated rings.